The first-order chi connectivity index (χ1) is 10.9. The molecule has 1 aliphatic heterocycles. The Morgan fingerprint density at radius 1 is 1.35 bits per heavy atom. The third-order valence-electron chi connectivity index (χ3n) is 4.75. The Morgan fingerprint density at radius 2 is 2.09 bits per heavy atom. The van der Waals surface area contributed by atoms with E-state index in [-0.39, 0.29) is 17.8 Å². The van der Waals surface area contributed by atoms with Crippen LogP contribution in [0.3, 0.4) is 0 Å². The molecule has 1 aromatic rings. The summed E-state index contributed by atoms with van der Waals surface area (Å²) in [6, 6.07) is 0.125. The molecular formula is C16H29N5O2. The Labute approximate surface area is 137 Å². The molecule has 7 nitrogen and oxygen atoms in total. The summed E-state index contributed by atoms with van der Waals surface area (Å²) in [5.41, 5.74) is -0.0171. The highest BCUT2D eigenvalue weighted by molar-refractivity contribution is 5.74. The number of aryl methyl sites for hydroxylation is 2. The molecule has 130 valence electrons. The number of aromatic nitrogens is 3. The molecule has 1 N–H and O–H groups in total. The zero-order valence-electron chi connectivity index (χ0n) is 14.7. The van der Waals surface area contributed by atoms with E-state index >= 15 is 0 Å². The van der Waals surface area contributed by atoms with E-state index in [0.717, 1.165) is 31.6 Å². The number of nitrogens with one attached hydrogen (secondary N) is 1. The quantitative estimate of drug-likeness (QED) is 0.806. The second-order valence-electron chi connectivity index (χ2n) is 6.71. The summed E-state index contributed by atoms with van der Waals surface area (Å²) in [4.78, 5) is 26.0. The zero-order chi connectivity index (χ0) is 17.0. The molecule has 1 atom stereocenters. The van der Waals surface area contributed by atoms with Gasteiger partial charge in [0.05, 0.1) is 0 Å². The zero-order valence-corrected chi connectivity index (χ0v) is 14.7. The van der Waals surface area contributed by atoms with E-state index in [0.29, 0.717) is 25.4 Å². The lowest BCUT2D eigenvalue weighted by Gasteiger charge is -2.28. The van der Waals surface area contributed by atoms with E-state index in [1.165, 1.54) is 4.68 Å². The van der Waals surface area contributed by atoms with Gasteiger partial charge in [-0.05, 0) is 32.1 Å². The maximum absolute atomic E-state index is 12.2. The van der Waals surface area contributed by atoms with Gasteiger partial charge in [0.1, 0.15) is 5.82 Å². The molecule has 0 fully saturated rings. The van der Waals surface area contributed by atoms with E-state index in [2.05, 4.69) is 24.3 Å². The Bertz CT molecular complexity index is 590. The minimum atomic E-state index is -0.0670. The third kappa shape index (κ3) is 4.14. The minimum absolute atomic E-state index is 0.0171. The highest BCUT2D eigenvalue weighted by Crippen LogP contribution is 2.09. The van der Waals surface area contributed by atoms with Crippen molar-refractivity contribution in [3.05, 3.63) is 16.3 Å². The molecule has 0 spiro atoms. The van der Waals surface area contributed by atoms with Crippen LogP contribution < -0.4 is 11.0 Å². The van der Waals surface area contributed by atoms with Gasteiger partial charge in [0, 0.05) is 39.1 Å². The molecule has 0 unspecified atom stereocenters. The van der Waals surface area contributed by atoms with Crippen molar-refractivity contribution in [3.63, 3.8) is 0 Å². The lowest BCUT2D eigenvalue weighted by molar-refractivity contribution is 0.179. The lowest BCUT2D eigenvalue weighted by Crippen LogP contribution is -2.44. The standard InChI is InChI=1S/C16H29N5O2/c1-12(2)13(3)19(4)15(22)17-9-7-11-21-16(23)20-10-6-5-8-14(20)18-21/h12-13H,5-11H2,1-4H3,(H,17,22)/t13-/m1/s1. The van der Waals surface area contributed by atoms with Crippen LogP contribution in [0.25, 0.3) is 0 Å². The van der Waals surface area contributed by atoms with Crippen LogP contribution in [-0.2, 0) is 19.5 Å². The van der Waals surface area contributed by atoms with Crippen molar-refractivity contribution < 1.29 is 4.79 Å². The maximum Gasteiger partial charge on any atom is 0.345 e. The van der Waals surface area contributed by atoms with E-state index < -0.39 is 0 Å². The SMILES string of the molecule is CC(C)[C@@H](C)N(C)C(=O)NCCCn1nc2n(c1=O)CCCC2. The van der Waals surface area contributed by atoms with Crippen molar-refractivity contribution in [2.75, 3.05) is 13.6 Å². The van der Waals surface area contributed by atoms with Gasteiger partial charge in [-0.15, -0.1) is 0 Å². The summed E-state index contributed by atoms with van der Waals surface area (Å²) in [5.74, 6) is 1.32. The van der Waals surface area contributed by atoms with Crippen molar-refractivity contribution in [3.8, 4) is 0 Å². The molecule has 1 aliphatic rings. The van der Waals surface area contributed by atoms with Crippen LogP contribution in [0, 0.1) is 5.92 Å². The molecule has 2 amide bonds. The van der Waals surface area contributed by atoms with Crippen LogP contribution in [0.2, 0.25) is 0 Å². The minimum Gasteiger partial charge on any atom is -0.338 e. The van der Waals surface area contributed by atoms with Crippen molar-refractivity contribution >= 4 is 6.03 Å². The number of carbonyl (C=O) groups excluding carboxylic acids is 1. The Hall–Kier alpha value is -1.79. The lowest BCUT2D eigenvalue weighted by atomic mass is 10.1. The van der Waals surface area contributed by atoms with Gasteiger partial charge >= 0.3 is 11.7 Å². The van der Waals surface area contributed by atoms with Crippen molar-refractivity contribution in [1.29, 1.82) is 0 Å². The highest BCUT2D eigenvalue weighted by Gasteiger charge is 2.18. The Balaban J connectivity index is 1.79. The normalized spacial score (nSPS) is 15.3. The van der Waals surface area contributed by atoms with Gasteiger partial charge in [0.2, 0.25) is 0 Å². The first-order valence-electron chi connectivity index (χ1n) is 8.59. The molecule has 23 heavy (non-hydrogen) atoms. The molecule has 2 rings (SSSR count). The van der Waals surface area contributed by atoms with E-state index in [9.17, 15) is 9.59 Å². The van der Waals surface area contributed by atoms with Crippen LogP contribution in [0.1, 0.15) is 45.9 Å². The van der Waals surface area contributed by atoms with Crippen molar-refractivity contribution in [2.24, 2.45) is 5.92 Å². The van der Waals surface area contributed by atoms with Crippen LogP contribution in [-0.4, -0.2) is 44.9 Å². The van der Waals surface area contributed by atoms with Gasteiger partial charge in [-0.3, -0.25) is 4.57 Å². The first kappa shape index (κ1) is 17.6. The van der Waals surface area contributed by atoms with Gasteiger partial charge in [-0.1, -0.05) is 13.8 Å². The van der Waals surface area contributed by atoms with Gasteiger partial charge in [0.25, 0.3) is 0 Å². The molecule has 1 aromatic heterocycles. The number of carbonyl (C=O) groups is 1. The average molecular weight is 323 g/mol. The van der Waals surface area contributed by atoms with Gasteiger partial charge in [-0.2, -0.15) is 5.10 Å². The summed E-state index contributed by atoms with van der Waals surface area (Å²) in [5, 5.41) is 7.30. The fourth-order valence-corrected chi connectivity index (χ4v) is 2.78. The van der Waals surface area contributed by atoms with Gasteiger partial charge < -0.3 is 10.2 Å². The number of hydrogen-bond acceptors (Lipinski definition) is 3. The average Bonchev–Trinajstić information content (AvgIpc) is 2.86. The smallest absolute Gasteiger partial charge is 0.338 e. The summed E-state index contributed by atoms with van der Waals surface area (Å²) in [6.45, 7) is 8.11. The molecule has 0 bridgehead atoms. The predicted octanol–water partition coefficient (Wildman–Crippen LogP) is 1.46. The first-order valence-corrected chi connectivity index (χ1v) is 8.59. The van der Waals surface area contributed by atoms with Crippen LogP contribution in [0.5, 0.6) is 0 Å². The Kier molecular flexibility index (Phi) is 5.85. The van der Waals surface area contributed by atoms with Crippen LogP contribution in [0.15, 0.2) is 4.79 Å². The maximum atomic E-state index is 12.2. The third-order valence-corrected chi connectivity index (χ3v) is 4.75. The van der Waals surface area contributed by atoms with E-state index in [1.54, 1.807) is 9.47 Å². The second kappa shape index (κ2) is 7.66. The largest absolute Gasteiger partial charge is 0.345 e. The van der Waals surface area contributed by atoms with E-state index in [4.69, 9.17) is 0 Å². The van der Waals surface area contributed by atoms with Crippen molar-refractivity contribution in [1.82, 2.24) is 24.6 Å². The molecule has 7 heteroatoms. The number of fused-ring (bicyclic) bond motifs is 1. The van der Waals surface area contributed by atoms with Crippen molar-refractivity contribution in [2.45, 2.75) is 65.6 Å². The van der Waals surface area contributed by atoms with E-state index in [1.807, 2.05) is 14.0 Å². The monoisotopic (exact) mass is 323 g/mol. The molecule has 2 heterocycles. The summed E-state index contributed by atoms with van der Waals surface area (Å²) in [7, 11) is 1.81. The fourth-order valence-electron chi connectivity index (χ4n) is 2.78. The number of hydrogen-bond donors (Lipinski definition) is 1. The number of nitrogens with zero attached hydrogens (tertiary/aromatic N) is 4. The Morgan fingerprint density at radius 3 is 2.74 bits per heavy atom. The predicted molar refractivity (Wildman–Crippen MR) is 89.5 cm³/mol. The topological polar surface area (TPSA) is 72.2 Å². The number of urea groups is 1. The summed E-state index contributed by atoms with van der Waals surface area (Å²) in [6.07, 6.45) is 3.74. The molecule has 0 saturated heterocycles. The fraction of sp³-hybridized carbons (Fsp3) is 0.812. The van der Waals surface area contributed by atoms with Crippen LogP contribution >= 0.6 is 0 Å². The molecule has 0 aromatic carbocycles. The molecule has 0 aliphatic carbocycles. The van der Waals surface area contributed by atoms with Gasteiger partial charge in [-0.25, -0.2) is 14.3 Å². The number of rotatable bonds is 6. The highest BCUT2D eigenvalue weighted by atomic mass is 16.2. The second-order valence-corrected chi connectivity index (χ2v) is 6.71. The summed E-state index contributed by atoms with van der Waals surface area (Å²) >= 11 is 0. The summed E-state index contributed by atoms with van der Waals surface area (Å²) < 4.78 is 3.31. The number of amides is 2. The molecule has 0 saturated carbocycles. The van der Waals surface area contributed by atoms with Gasteiger partial charge in [0.15, 0.2) is 0 Å². The molecular weight excluding hydrogens is 294 g/mol. The van der Waals surface area contributed by atoms with Crippen LogP contribution in [0.4, 0.5) is 4.79 Å². The molecule has 0 radical (unpaired) electrons.